The van der Waals surface area contributed by atoms with Crippen molar-refractivity contribution < 1.29 is 31.2 Å². The molecule has 0 aliphatic heterocycles. The first kappa shape index (κ1) is 30.4. The van der Waals surface area contributed by atoms with Crippen LogP contribution in [0.15, 0.2) is 42.5 Å². The van der Waals surface area contributed by atoms with E-state index in [1.54, 1.807) is 19.1 Å². The molecule has 2 rings (SSSR count). The summed E-state index contributed by atoms with van der Waals surface area (Å²) in [5.41, 5.74) is 0.0847. The number of nitrogens with zero attached hydrogens (tertiary/aromatic N) is 2. The molecule has 0 fully saturated rings. The van der Waals surface area contributed by atoms with Gasteiger partial charge in [0.1, 0.15) is 12.6 Å². The Morgan fingerprint density at radius 2 is 1.70 bits per heavy atom. The standard InChI is InChI=1S/C25H31ClF3N3O4S/c1-5-13-30-24(34)21(6-2)31(15-18-9-7-17(3)8-10-18)23(33)16-32(37(4,35)36)22-14-19(25(27,28)29)11-12-20(22)26/h7-12,14,21H,5-6,13,15-16H2,1-4H3,(H,30,34). The van der Waals surface area contributed by atoms with Crippen LogP contribution in [0.1, 0.15) is 43.4 Å². The van der Waals surface area contributed by atoms with Gasteiger partial charge in [-0.2, -0.15) is 13.2 Å². The van der Waals surface area contributed by atoms with Crippen molar-refractivity contribution >= 4 is 39.1 Å². The Hall–Kier alpha value is -2.79. The van der Waals surface area contributed by atoms with Gasteiger partial charge in [-0.05, 0) is 43.5 Å². The Kier molecular flexibility index (Phi) is 10.4. The zero-order chi connectivity index (χ0) is 28.0. The van der Waals surface area contributed by atoms with E-state index in [4.69, 9.17) is 11.6 Å². The maximum Gasteiger partial charge on any atom is 0.416 e. The Balaban J connectivity index is 2.52. The number of anilines is 1. The summed E-state index contributed by atoms with van der Waals surface area (Å²) >= 11 is 6.09. The molecule has 0 saturated carbocycles. The lowest BCUT2D eigenvalue weighted by atomic mass is 10.1. The maximum atomic E-state index is 13.6. The third-order valence-electron chi connectivity index (χ3n) is 5.63. The first-order chi connectivity index (χ1) is 17.2. The van der Waals surface area contributed by atoms with E-state index in [0.29, 0.717) is 28.9 Å². The third kappa shape index (κ3) is 8.36. The summed E-state index contributed by atoms with van der Waals surface area (Å²) in [6.45, 7) is 5.01. The van der Waals surface area contributed by atoms with Gasteiger partial charge in [0.15, 0.2) is 0 Å². The predicted octanol–water partition coefficient (Wildman–Crippen LogP) is 4.77. The number of halogens is 4. The first-order valence-corrected chi connectivity index (χ1v) is 13.9. The SMILES string of the molecule is CCCNC(=O)C(CC)N(Cc1ccc(C)cc1)C(=O)CN(c1cc(C(F)(F)F)ccc1Cl)S(C)(=O)=O. The quantitative estimate of drug-likeness (QED) is 0.428. The van der Waals surface area contributed by atoms with Crippen LogP contribution < -0.4 is 9.62 Å². The van der Waals surface area contributed by atoms with Crippen molar-refractivity contribution in [3.63, 3.8) is 0 Å². The van der Waals surface area contributed by atoms with Crippen LogP contribution in [-0.2, 0) is 32.3 Å². The fraction of sp³-hybridized carbons (Fsp3) is 0.440. The van der Waals surface area contributed by atoms with Crippen molar-refractivity contribution in [2.24, 2.45) is 0 Å². The number of alkyl halides is 3. The van der Waals surface area contributed by atoms with Gasteiger partial charge >= 0.3 is 6.18 Å². The molecule has 1 N–H and O–H groups in total. The number of aryl methyl sites for hydroxylation is 1. The molecule has 2 aromatic carbocycles. The molecular weight excluding hydrogens is 531 g/mol. The zero-order valence-electron chi connectivity index (χ0n) is 21.1. The largest absolute Gasteiger partial charge is 0.416 e. The molecule has 0 radical (unpaired) electrons. The van der Waals surface area contributed by atoms with Crippen LogP contribution in [0.4, 0.5) is 18.9 Å². The molecule has 0 heterocycles. The van der Waals surface area contributed by atoms with E-state index in [0.717, 1.165) is 24.0 Å². The summed E-state index contributed by atoms with van der Waals surface area (Å²) < 4.78 is 65.8. The second-order valence-electron chi connectivity index (χ2n) is 8.66. The summed E-state index contributed by atoms with van der Waals surface area (Å²) in [5, 5.41) is 2.48. The Bertz CT molecular complexity index is 1200. The zero-order valence-corrected chi connectivity index (χ0v) is 22.7. The maximum absolute atomic E-state index is 13.6. The second kappa shape index (κ2) is 12.6. The van der Waals surface area contributed by atoms with Crippen LogP contribution in [-0.4, -0.2) is 50.5 Å². The molecule has 2 aromatic rings. The highest BCUT2D eigenvalue weighted by molar-refractivity contribution is 7.92. The Morgan fingerprint density at radius 3 is 2.22 bits per heavy atom. The molecule has 1 unspecified atom stereocenters. The number of amides is 2. The lowest BCUT2D eigenvalue weighted by Gasteiger charge is -2.33. The van der Waals surface area contributed by atoms with Crippen LogP contribution in [0.5, 0.6) is 0 Å². The van der Waals surface area contributed by atoms with E-state index in [1.165, 1.54) is 4.90 Å². The minimum absolute atomic E-state index is 0.00884. The van der Waals surface area contributed by atoms with E-state index in [1.807, 2.05) is 26.0 Å². The minimum Gasteiger partial charge on any atom is -0.354 e. The van der Waals surface area contributed by atoms with Gasteiger partial charge in [0, 0.05) is 13.1 Å². The smallest absolute Gasteiger partial charge is 0.354 e. The molecule has 37 heavy (non-hydrogen) atoms. The number of sulfonamides is 1. The monoisotopic (exact) mass is 561 g/mol. The van der Waals surface area contributed by atoms with Crippen molar-refractivity contribution in [1.29, 1.82) is 0 Å². The van der Waals surface area contributed by atoms with E-state index < -0.39 is 51.9 Å². The van der Waals surface area contributed by atoms with Gasteiger partial charge in [-0.3, -0.25) is 13.9 Å². The van der Waals surface area contributed by atoms with Crippen LogP contribution >= 0.6 is 11.6 Å². The lowest BCUT2D eigenvalue weighted by Crippen LogP contribution is -2.52. The molecular formula is C25H31ClF3N3O4S. The van der Waals surface area contributed by atoms with Crippen molar-refractivity contribution in [1.82, 2.24) is 10.2 Å². The second-order valence-corrected chi connectivity index (χ2v) is 11.0. The molecule has 0 spiro atoms. The molecule has 2 amide bonds. The van der Waals surface area contributed by atoms with Gasteiger partial charge in [-0.25, -0.2) is 8.42 Å². The molecule has 0 saturated heterocycles. The lowest BCUT2D eigenvalue weighted by molar-refractivity contribution is -0.140. The summed E-state index contributed by atoms with van der Waals surface area (Å²) in [6, 6.07) is 8.55. The first-order valence-electron chi connectivity index (χ1n) is 11.7. The number of benzene rings is 2. The van der Waals surface area contributed by atoms with Crippen molar-refractivity contribution in [3.05, 3.63) is 64.2 Å². The topological polar surface area (TPSA) is 86.8 Å². The number of carbonyl (C=O) groups excluding carboxylic acids is 2. The highest BCUT2D eigenvalue weighted by atomic mass is 35.5. The number of nitrogens with one attached hydrogen (secondary N) is 1. The molecule has 0 aliphatic rings. The van der Waals surface area contributed by atoms with Crippen LogP contribution in [0.3, 0.4) is 0 Å². The Labute approximate surface area is 220 Å². The van der Waals surface area contributed by atoms with Crippen molar-refractivity contribution in [3.8, 4) is 0 Å². The van der Waals surface area contributed by atoms with E-state index in [9.17, 15) is 31.2 Å². The molecule has 0 aliphatic carbocycles. The van der Waals surface area contributed by atoms with Crippen molar-refractivity contribution in [2.75, 3.05) is 23.7 Å². The molecule has 12 heteroatoms. The highest BCUT2D eigenvalue weighted by Crippen LogP contribution is 2.36. The summed E-state index contributed by atoms with van der Waals surface area (Å²) in [5.74, 6) is -1.18. The highest BCUT2D eigenvalue weighted by Gasteiger charge is 2.35. The predicted molar refractivity (Wildman–Crippen MR) is 138 cm³/mol. The Morgan fingerprint density at radius 1 is 1.08 bits per heavy atom. The normalized spacial score (nSPS) is 12.6. The molecule has 7 nitrogen and oxygen atoms in total. The average Bonchev–Trinajstić information content (AvgIpc) is 2.81. The van der Waals surface area contributed by atoms with Gasteiger partial charge in [0.25, 0.3) is 0 Å². The summed E-state index contributed by atoms with van der Waals surface area (Å²) in [6.07, 6.45) is -3.08. The van der Waals surface area contributed by atoms with Gasteiger partial charge in [-0.1, -0.05) is 55.3 Å². The molecule has 0 aromatic heterocycles. The van der Waals surface area contributed by atoms with Gasteiger partial charge in [-0.15, -0.1) is 0 Å². The average molecular weight is 562 g/mol. The van der Waals surface area contributed by atoms with E-state index >= 15 is 0 Å². The fourth-order valence-electron chi connectivity index (χ4n) is 3.65. The molecule has 204 valence electrons. The fourth-order valence-corrected chi connectivity index (χ4v) is 4.77. The number of hydrogen-bond acceptors (Lipinski definition) is 4. The van der Waals surface area contributed by atoms with Gasteiger partial charge in [0.05, 0.1) is 22.5 Å². The minimum atomic E-state index is -4.76. The van der Waals surface area contributed by atoms with Gasteiger partial charge < -0.3 is 10.2 Å². The molecule has 0 bridgehead atoms. The van der Waals surface area contributed by atoms with E-state index in [-0.39, 0.29) is 18.0 Å². The number of carbonyl (C=O) groups is 2. The summed E-state index contributed by atoms with van der Waals surface area (Å²) in [4.78, 5) is 27.7. The van der Waals surface area contributed by atoms with E-state index in [2.05, 4.69) is 5.32 Å². The van der Waals surface area contributed by atoms with Crippen molar-refractivity contribution in [2.45, 2.75) is 52.4 Å². The van der Waals surface area contributed by atoms with Crippen LogP contribution in [0, 0.1) is 6.92 Å². The van der Waals surface area contributed by atoms with Crippen LogP contribution in [0.25, 0.3) is 0 Å². The third-order valence-corrected chi connectivity index (χ3v) is 7.08. The summed E-state index contributed by atoms with van der Waals surface area (Å²) in [7, 11) is -4.24. The number of hydrogen-bond donors (Lipinski definition) is 1. The number of rotatable bonds is 11. The van der Waals surface area contributed by atoms with Crippen LogP contribution in [0.2, 0.25) is 5.02 Å². The molecule has 1 atom stereocenters. The van der Waals surface area contributed by atoms with Gasteiger partial charge in [0.2, 0.25) is 21.8 Å².